The fraction of sp³-hybridized carbons (Fsp3) is 0.286. The van der Waals surface area contributed by atoms with Crippen LogP contribution in [-0.4, -0.2) is 34.7 Å². The van der Waals surface area contributed by atoms with E-state index in [9.17, 15) is 13.6 Å². The standard InChI is InChI=1S/C14H15ClF2N4O/c1-9-12(13(22)19-8-14(16,17)7-18)6-20-21(9)11-4-2-3-10(15)5-11/h2-6H,7-8,18H2,1H3,(H,19,22). The number of hydrogen-bond acceptors (Lipinski definition) is 3. The molecule has 0 aliphatic rings. The molecular weight excluding hydrogens is 314 g/mol. The van der Waals surface area contributed by atoms with Gasteiger partial charge in [0.15, 0.2) is 0 Å². The molecule has 5 nitrogen and oxygen atoms in total. The van der Waals surface area contributed by atoms with Gasteiger partial charge in [-0.15, -0.1) is 0 Å². The quantitative estimate of drug-likeness (QED) is 0.883. The van der Waals surface area contributed by atoms with Crippen LogP contribution in [0, 0.1) is 6.92 Å². The van der Waals surface area contributed by atoms with Gasteiger partial charge in [-0.2, -0.15) is 5.10 Å². The van der Waals surface area contributed by atoms with Crippen molar-refractivity contribution in [2.75, 3.05) is 13.1 Å². The molecule has 3 N–H and O–H groups in total. The minimum atomic E-state index is -3.13. The fourth-order valence-corrected chi connectivity index (χ4v) is 2.06. The Morgan fingerprint density at radius 2 is 2.23 bits per heavy atom. The van der Waals surface area contributed by atoms with E-state index in [0.717, 1.165) is 0 Å². The van der Waals surface area contributed by atoms with Gasteiger partial charge in [0, 0.05) is 5.02 Å². The maximum absolute atomic E-state index is 13.1. The second-order valence-corrected chi connectivity index (χ2v) is 5.21. The van der Waals surface area contributed by atoms with E-state index in [-0.39, 0.29) is 5.56 Å². The molecule has 0 aliphatic heterocycles. The van der Waals surface area contributed by atoms with Crippen molar-refractivity contribution in [3.05, 3.63) is 46.7 Å². The van der Waals surface area contributed by atoms with Crippen LogP contribution in [0.3, 0.4) is 0 Å². The van der Waals surface area contributed by atoms with Crippen molar-refractivity contribution in [3.63, 3.8) is 0 Å². The smallest absolute Gasteiger partial charge is 0.277 e. The number of nitrogens with one attached hydrogen (secondary N) is 1. The van der Waals surface area contributed by atoms with Gasteiger partial charge in [0.05, 0.1) is 36.2 Å². The van der Waals surface area contributed by atoms with Crippen molar-refractivity contribution in [1.29, 1.82) is 0 Å². The predicted octanol–water partition coefficient (Wildman–Crippen LogP) is 2.16. The van der Waals surface area contributed by atoms with E-state index >= 15 is 0 Å². The zero-order chi connectivity index (χ0) is 16.3. The zero-order valence-electron chi connectivity index (χ0n) is 11.8. The van der Waals surface area contributed by atoms with Crippen molar-refractivity contribution in [2.24, 2.45) is 5.73 Å². The maximum Gasteiger partial charge on any atom is 0.277 e. The van der Waals surface area contributed by atoms with Crippen LogP contribution >= 0.6 is 11.6 Å². The van der Waals surface area contributed by atoms with Crippen LogP contribution in [0.2, 0.25) is 5.02 Å². The Kier molecular flexibility index (Phi) is 4.77. The first kappa shape index (κ1) is 16.4. The first-order valence-electron chi connectivity index (χ1n) is 6.51. The highest BCUT2D eigenvalue weighted by molar-refractivity contribution is 6.30. The summed E-state index contributed by atoms with van der Waals surface area (Å²) in [6.07, 6.45) is 1.33. The topological polar surface area (TPSA) is 72.9 Å². The van der Waals surface area contributed by atoms with E-state index in [1.807, 2.05) is 0 Å². The summed E-state index contributed by atoms with van der Waals surface area (Å²) in [6, 6.07) is 6.93. The van der Waals surface area contributed by atoms with E-state index in [1.165, 1.54) is 10.9 Å². The van der Waals surface area contributed by atoms with Crippen LogP contribution in [0.5, 0.6) is 0 Å². The molecule has 118 valence electrons. The van der Waals surface area contributed by atoms with Gasteiger partial charge in [-0.25, -0.2) is 13.5 Å². The first-order chi connectivity index (χ1) is 10.3. The maximum atomic E-state index is 13.1. The van der Waals surface area contributed by atoms with E-state index in [4.69, 9.17) is 17.3 Å². The number of alkyl halides is 2. The molecule has 22 heavy (non-hydrogen) atoms. The lowest BCUT2D eigenvalue weighted by Crippen LogP contribution is -2.41. The number of nitrogens with two attached hydrogens (primary N) is 1. The summed E-state index contributed by atoms with van der Waals surface area (Å²) in [5.41, 5.74) is 6.34. The van der Waals surface area contributed by atoms with Crippen LogP contribution in [0.4, 0.5) is 8.78 Å². The molecule has 2 rings (SSSR count). The van der Waals surface area contributed by atoms with Gasteiger partial charge in [-0.1, -0.05) is 17.7 Å². The zero-order valence-corrected chi connectivity index (χ0v) is 12.6. The Morgan fingerprint density at radius 3 is 2.86 bits per heavy atom. The number of benzene rings is 1. The molecule has 0 radical (unpaired) electrons. The van der Waals surface area contributed by atoms with E-state index in [0.29, 0.717) is 16.4 Å². The van der Waals surface area contributed by atoms with Gasteiger partial charge in [-0.3, -0.25) is 4.79 Å². The Labute approximate surface area is 131 Å². The van der Waals surface area contributed by atoms with Gasteiger partial charge >= 0.3 is 0 Å². The first-order valence-corrected chi connectivity index (χ1v) is 6.88. The third-order valence-corrected chi connectivity index (χ3v) is 3.35. The fourth-order valence-electron chi connectivity index (χ4n) is 1.88. The number of halogens is 3. The number of rotatable bonds is 5. The second kappa shape index (κ2) is 6.41. The highest BCUT2D eigenvalue weighted by Crippen LogP contribution is 2.18. The van der Waals surface area contributed by atoms with Gasteiger partial charge < -0.3 is 11.1 Å². The van der Waals surface area contributed by atoms with Crippen molar-refractivity contribution < 1.29 is 13.6 Å². The Morgan fingerprint density at radius 1 is 1.50 bits per heavy atom. The van der Waals surface area contributed by atoms with Gasteiger partial charge in [0.2, 0.25) is 0 Å². The average molecular weight is 329 g/mol. The van der Waals surface area contributed by atoms with Crippen molar-refractivity contribution in [3.8, 4) is 5.69 Å². The molecule has 1 amide bonds. The van der Waals surface area contributed by atoms with Crippen LogP contribution < -0.4 is 11.1 Å². The van der Waals surface area contributed by atoms with E-state index in [1.54, 1.807) is 31.2 Å². The lowest BCUT2D eigenvalue weighted by Gasteiger charge is -2.14. The molecule has 0 unspecified atom stereocenters. The molecule has 2 aromatic rings. The molecule has 0 fully saturated rings. The summed E-state index contributed by atoms with van der Waals surface area (Å²) in [5.74, 6) is -3.76. The van der Waals surface area contributed by atoms with Gasteiger partial charge in [0.25, 0.3) is 11.8 Å². The number of amides is 1. The lowest BCUT2D eigenvalue weighted by atomic mass is 10.2. The van der Waals surface area contributed by atoms with Crippen LogP contribution in [0.25, 0.3) is 5.69 Å². The molecule has 1 aromatic carbocycles. The highest BCUT2D eigenvalue weighted by Gasteiger charge is 2.28. The molecule has 1 heterocycles. The summed E-state index contributed by atoms with van der Waals surface area (Å²) in [4.78, 5) is 12.0. The summed E-state index contributed by atoms with van der Waals surface area (Å²) >= 11 is 5.92. The molecule has 0 saturated carbocycles. The molecule has 0 bridgehead atoms. The number of nitrogens with zero attached hydrogens (tertiary/aromatic N) is 2. The Bertz CT molecular complexity index is 687. The Hall–Kier alpha value is -1.99. The summed E-state index contributed by atoms with van der Waals surface area (Å²) < 4.78 is 27.7. The third-order valence-electron chi connectivity index (χ3n) is 3.11. The monoisotopic (exact) mass is 328 g/mol. The lowest BCUT2D eigenvalue weighted by molar-refractivity contribution is 0.0118. The normalized spacial score (nSPS) is 11.5. The molecule has 0 spiro atoms. The number of aromatic nitrogens is 2. The molecular formula is C14H15ClF2N4O. The number of carbonyl (C=O) groups excluding carboxylic acids is 1. The predicted molar refractivity (Wildman–Crippen MR) is 79.6 cm³/mol. The van der Waals surface area contributed by atoms with E-state index < -0.39 is 24.9 Å². The molecule has 0 aliphatic carbocycles. The van der Waals surface area contributed by atoms with Gasteiger partial charge in [0.1, 0.15) is 0 Å². The van der Waals surface area contributed by atoms with Crippen molar-refractivity contribution in [2.45, 2.75) is 12.8 Å². The largest absolute Gasteiger partial charge is 0.346 e. The molecule has 1 aromatic heterocycles. The summed E-state index contributed by atoms with van der Waals surface area (Å²) in [7, 11) is 0. The summed E-state index contributed by atoms with van der Waals surface area (Å²) in [6.45, 7) is 0.0298. The average Bonchev–Trinajstić information content (AvgIpc) is 2.87. The summed E-state index contributed by atoms with van der Waals surface area (Å²) in [5, 5.41) is 6.79. The minimum absolute atomic E-state index is 0.216. The third kappa shape index (κ3) is 3.61. The molecule has 8 heteroatoms. The van der Waals surface area contributed by atoms with Crippen LogP contribution in [0.1, 0.15) is 16.1 Å². The second-order valence-electron chi connectivity index (χ2n) is 4.78. The van der Waals surface area contributed by atoms with Crippen molar-refractivity contribution in [1.82, 2.24) is 15.1 Å². The molecule has 0 atom stereocenters. The van der Waals surface area contributed by atoms with Gasteiger partial charge in [-0.05, 0) is 25.1 Å². The minimum Gasteiger partial charge on any atom is -0.346 e. The van der Waals surface area contributed by atoms with E-state index in [2.05, 4.69) is 10.4 Å². The highest BCUT2D eigenvalue weighted by atomic mass is 35.5. The Balaban J connectivity index is 2.19. The number of carbonyl (C=O) groups is 1. The van der Waals surface area contributed by atoms with Crippen LogP contribution in [-0.2, 0) is 0 Å². The van der Waals surface area contributed by atoms with Crippen molar-refractivity contribution >= 4 is 17.5 Å². The SMILES string of the molecule is Cc1c(C(=O)NCC(F)(F)CN)cnn1-c1cccc(Cl)c1. The molecule has 0 saturated heterocycles. The van der Waals surface area contributed by atoms with Crippen LogP contribution in [0.15, 0.2) is 30.5 Å². The number of hydrogen-bond donors (Lipinski definition) is 2.